The fourth-order valence-corrected chi connectivity index (χ4v) is 7.24. The molecule has 0 aliphatic heterocycles. The third-order valence-corrected chi connectivity index (χ3v) is 11.3. The van der Waals surface area contributed by atoms with Gasteiger partial charge >= 0.3 is 19.8 Å². The van der Waals surface area contributed by atoms with Crippen LogP contribution in [0, 0.1) is 0 Å². The zero-order valence-corrected chi connectivity index (χ0v) is 41.7. The summed E-state index contributed by atoms with van der Waals surface area (Å²) < 4.78 is 33.5. The predicted octanol–water partition coefficient (Wildman–Crippen LogP) is 14.9. The van der Waals surface area contributed by atoms with Crippen LogP contribution in [0.5, 0.6) is 0 Å². The molecule has 0 aliphatic carbocycles. The number of allylic oxidation sites excluding steroid dienone is 16. The van der Waals surface area contributed by atoms with Crippen LogP contribution >= 0.6 is 7.82 Å². The average molecular weight is 930 g/mol. The molecule has 0 amide bonds. The van der Waals surface area contributed by atoms with Crippen LogP contribution in [0.3, 0.4) is 0 Å². The number of hydrogen-bond donors (Lipinski definition) is 3. The number of carboxylic acids is 1. The van der Waals surface area contributed by atoms with Gasteiger partial charge in [0, 0.05) is 13.0 Å². The fourth-order valence-electron chi connectivity index (χ4n) is 6.46. The molecule has 11 heteroatoms. The molecule has 0 fully saturated rings. The Balaban J connectivity index is 4.24. The van der Waals surface area contributed by atoms with Gasteiger partial charge in [-0.2, -0.15) is 0 Å². The van der Waals surface area contributed by atoms with Crippen molar-refractivity contribution < 1.29 is 42.7 Å². The first-order chi connectivity index (χ1) is 31.7. The first kappa shape index (κ1) is 61.9. The lowest BCUT2D eigenvalue weighted by atomic mass is 10.1. The molecule has 0 saturated heterocycles. The van der Waals surface area contributed by atoms with Crippen molar-refractivity contribution in [1.29, 1.82) is 0 Å². The van der Waals surface area contributed by atoms with Crippen LogP contribution in [-0.2, 0) is 32.7 Å². The minimum absolute atomic E-state index is 0.00665. The van der Waals surface area contributed by atoms with Crippen molar-refractivity contribution in [2.24, 2.45) is 5.73 Å². The first-order valence-corrected chi connectivity index (χ1v) is 26.8. The Morgan fingerprint density at radius 2 is 0.892 bits per heavy atom. The Kier molecular flexibility index (Phi) is 46.5. The maximum Gasteiger partial charge on any atom is 0.472 e. The van der Waals surface area contributed by atoms with Crippen LogP contribution < -0.4 is 5.73 Å². The lowest BCUT2D eigenvalue weighted by Gasteiger charge is -2.20. The number of carbonyl (C=O) groups excluding carboxylic acids is 1. The Labute approximate surface area is 396 Å². The standard InChI is InChI=1S/C54H92NO9P/c1-3-5-7-9-11-13-15-17-19-21-23-24-25-26-27-29-31-33-35-37-39-41-43-45-47-61-48-51(49-62-65(59,60)63-50-52(55)54(57)58)64-53(56)46-44-42-40-38-36-34-32-30-28-22-20-18-16-14-12-10-8-6-4-2/h6,8,12,14-15,17-18,20-21,23,25-26,28,30,34,36,51-52H,3-5,7,9-11,13,16,19,22,24,27,29,31-33,35,37-50,55H2,1-2H3,(H,57,58)(H,59,60)/b8-6-,14-12-,17-15-,20-18-,23-21-,26-25-,30-28-,36-34-. The summed E-state index contributed by atoms with van der Waals surface area (Å²) in [7, 11) is -4.64. The summed E-state index contributed by atoms with van der Waals surface area (Å²) >= 11 is 0. The monoisotopic (exact) mass is 930 g/mol. The first-order valence-electron chi connectivity index (χ1n) is 25.3. The molecule has 0 aliphatic rings. The average Bonchev–Trinajstić information content (AvgIpc) is 3.29. The molecule has 0 saturated carbocycles. The van der Waals surface area contributed by atoms with Gasteiger partial charge in [-0.05, 0) is 96.3 Å². The van der Waals surface area contributed by atoms with Crippen molar-refractivity contribution in [3.63, 3.8) is 0 Å². The quantitative estimate of drug-likeness (QED) is 0.0232. The van der Waals surface area contributed by atoms with Gasteiger partial charge in [-0.3, -0.25) is 18.6 Å². The summed E-state index contributed by atoms with van der Waals surface area (Å²) in [5.74, 6) is -1.82. The number of phosphoric ester groups is 1. The van der Waals surface area contributed by atoms with Crippen molar-refractivity contribution in [2.75, 3.05) is 26.4 Å². The number of ether oxygens (including phenoxy) is 2. The summed E-state index contributed by atoms with van der Waals surface area (Å²) in [6, 6.07) is -1.49. The summed E-state index contributed by atoms with van der Waals surface area (Å²) in [6.45, 7) is 3.69. The number of nitrogens with two attached hydrogens (primary N) is 1. The molecule has 65 heavy (non-hydrogen) atoms. The van der Waals surface area contributed by atoms with Crippen molar-refractivity contribution in [1.82, 2.24) is 0 Å². The van der Waals surface area contributed by atoms with E-state index in [1.807, 2.05) is 0 Å². The summed E-state index contributed by atoms with van der Waals surface area (Å²) in [5, 5.41) is 8.93. The number of hydrogen-bond acceptors (Lipinski definition) is 8. The van der Waals surface area contributed by atoms with E-state index in [0.29, 0.717) is 13.0 Å². The highest BCUT2D eigenvalue weighted by Gasteiger charge is 2.27. The molecule has 372 valence electrons. The molecule has 0 aromatic heterocycles. The highest BCUT2D eigenvalue weighted by atomic mass is 31.2. The third kappa shape index (κ3) is 48.6. The Morgan fingerprint density at radius 1 is 0.508 bits per heavy atom. The van der Waals surface area contributed by atoms with Crippen molar-refractivity contribution >= 4 is 19.8 Å². The van der Waals surface area contributed by atoms with Gasteiger partial charge in [0.2, 0.25) is 0 Å². The van der Waals surface area contributed by atoms with Crippen LogP contribution in [0.2, 0.25) is 0 Å². The maximum atomic E-state index is 12.7. The molecule has 3 unspecified atom stereocenters. The van der Waals surface area contributed by atoms with Crippen LogP contribution in [0.1, 0.15) is 194 Å². The van der Waals surface area contributed by atoms with E-state index in [2.05, 4.69) is 111 Å². The van der Waals surface area contributed by atoms with Crippen molar-refractivity contribution in [2.45, 2.75) is 206 Å². The number of rotatable bonds is 47. The van der Waals surface area contributed by atoms with Crippen LogP contribution in [0.15, 0.2) is 97.2 Å². The zero-order chi connectivity index (χ0) is 47.6. The second kappa shape index (κ2) is 48.8. The molecule has 0 bridgehead atoms. The van der Waals surface area contributed by atoms with E-state index in [1.54, 1.807) is 0 Å². The van der Waals surface area contributed by atoms with Gasteiger partial charge in [-0.25, -0.2) is 4.57 Å². The minimum Gasteiger partial charge on any atom is -0.480 e. The lowest BCUT2D eigenvalue weighted by molar-refractivity contribution is -0.154. The van der Waals surface area contributed by atoms with E-state index >= 15 is 0 Å². The lowest BCUT2D eigenvalue weighted by Crippen LogP contribution is -2.34. The van der Waals surface area contributed by atoms with E-state index in [-0.39, 0.29) is 13.0 Å². The largest absolute Gasteiger partial charge is 0.480 e. The number of aliphatic carboxylic acids is 1. The van der Waals surface area contributed by atoms with Gasteiger partial charge in [0.05, 0.1) is 19.8 Å². The number of unbranched alkanes of at least 4 members (excludes halogenated alkanes) is 17. The second-order valence-corrected chi connectivity index (χ2v) is 18.0. The number of phosphoric acid groups is 1. The molecule has 4 N–H and O–H groups in total. The van der Waals surface area contributed by atoms with E-state index < -0.39 is 45.1 Å². The SMILES string of the molecule is CC/C=C\C/C=C\C/C=C\C/C=C\C/C=C\CCCCCC(=O)OC(COCCCCCCCCCCC/C=C\C/C=C\C/C=C\CCCCCCC)COP(=O)(O)OCC(N)C(=O)O. The number of carboxylic acid groups (broad SMARTS) is 1. The minimum atomic E-state index is -4.64. The van der Waals surface area contributed by atoms with E-state index in [0.717, 1.165) is 89.9 Å². The summed E-state index contributed by atoms with van der Waals surface area (Å²) in [6.07, 6.45) is 64.6. The van der Waals surface area contributed by atoms with E-state index in [9.17, 15) is 19.0 Å². The molecule has 3 atom stereocenters. The van der Waals surface area contributed by atoms with Crippen LogP contribution in [-0.4, -0.2) is 60.5 Å². The number of esters is 1. The van der Waals surface area contributed by atoms with Gasteiger partial charge in [-0.1, -0.05) is 188 Å². The molecular formula is C54H92NO9P. The van der Waals surface area contributed by atoms with Gasteiger partial charge < -0.3 is 25.2 Å². The highest BCUT2D eigenvalue weighted by Crippen LogP contribution is 2.43. The van der Waals surface area contributed by atoms with Crippen LogP contribution in [0.25, 0.3) is 0 Å². The Hall–Kier alpha value is -3.11. The van der Waals surface area contributed by atoms with Gasteiger partial charge in [0.15, 0.2) is 0 Å². The smallest absolute Gasteiger partial charge is 0.472 e. The van der Waals surface area contributed by atoms with Gasteiger partial charge in [-0.15, -0.1) is 0 Å². The molecule has 0 rings (SSSR count). The van der Waals surface area contributed by atoms with E-state index in [1.165, 1.54) is 77.0 Å². The molecule has 0 aromatic rings. The normalized spacial score (nSPS) is 14.5. The molecule has 0 heterocycles. The topological polar surface area (TPSA) is 155 Å². The molecule has 0 aromatic carbocycles. The fraction of sp³-hybridized carbons (Fsp3) is 0.667. The zero-order valence-electron chi connectivity index (χ0n) is 40.8. The second-order valence-electron chi connectivity index (χ2n) is 16.6. The summed E-state index contributed by atoms with van der Waals surface area (Å²) in [5.41, 5.74) is 5.37. The molecule has 0 radical (unpaired) electrons. The van der Waals surface area contributed by atoms with Crippen molar-refractivity contribution in [3.05, 3.63) is 97.2 Å². The molecule has 0 spiro atoms. The van der Waals surface area contributed by atoms with Gasteiger partial charge in [0.25, 0.3) is 0 Å². The number of carbonyl (C=O) groups is 2. The van der Waals surface area contributed by atoms with Gasteiger partial charge in [0.1, 0.15) is 12.1 Å². The van der Waals surface area contributed by atoms with Crippen molar-refractivity contribution in [3.8, 4) is 0 Å². The molecular weight excluding hydrogens is 838 g/mol. The third-order valence-electron chi connectivity index (χ3n) is 10.3. The highest BCUT2D eigenvalue weighted by molar-refractivity contribution is 7.47. The molecule has 10 nitrogen and oxygen atoms in total. The Bertz CT molecular complexity index is 1400. The maximum absolute atomic E-state index is 12.7. The summed E-state index contributed by atoms with van der Waals surface area (Å²) in [4.78, 5) is 33.7. The van der Waals surface area contributed by atoms with E-state index in [4.69, 9.17) is 29.4 Å². The predicted molar refractivity (Wildman–Crippen MR) is 272 cm³/mol. The Morgan fingerprint density at radius 3 is 1.34 bits per heavy atom. The van der Waals surface area contributed by atoms with Crippen LogP contribution in [0.4, 0.5) is 0 Å².